The summed E-state index contributed by atoms with van der Waals surface area (Å²) in [6.45, 7) is 6.96. The summed E-state index contributed by atoms with van der Waals surface area (Å²) in [6, 6.07) is 3.92. The van der Waals surface area contributed by atoms with Gasteiger partial charge in [-0.2, -0.15) is 0 Å². The van der Waals surface area contributed by atoms with Crippen LogP contribution in [0.2, 0.25) is 5.02 Å². The molecule has 0 bridgehead atoms. The molecular weight excluding hydrogens is 441 g/mol. The Bertz CT molecular complexity index is 1150. The van der Waals surface area contributed by atoms with Crippen LogP contribution in [0.4, 0.5) is 10.3 Å². The molecular formula is C24H31ClFN7. The number of imidazole rings is 1. The van der Waals surface area contributed by atoms with Crippen molar-refractivity contribution in [2.24, 2.45) is 0 Å². The first-order valence-electron chi connectivity index (χ1n) is 11.4. The summed E-state index contributed by atoms with van der Waals surface area (Å²) in [6.07, 6.45) is 10.2. The van der Waals surface area contributed by atoms with Crippen LogP contribution in [0.25, 0.3) is 22.3 Å². The summed E-state index contributed by atoms with van der Waals surface area (Å²) in [5.74, 6) is 0.953. The first kappa shape index (κ1) is 23.3. The van der Waals surface area contributed by atoms with E-state index >= 15 is 0 Å². The molecule has 0 saturated heterocycles. The van der Waals surface area contributed by atoms with Crippen molar-refractivity contribution in [2.75, 3.05) is 19.0 Å². The van der Waals surface area contributed by atoms with Crippen molar-refractivity contribution < 1.29 is 4.39 Å². The molecule has 0 amide bonds. The van der Waals surface area contributed by atoms with Crippen molar-refractivity contribution in [3.8, 4) is 11.3 Å². The number of benzene rings is 1. The lowest BCUT2D eigenvalue weighted by Gasteiger charge is -2.14. The number of nitrogens with zero attached hydrogens (tertiary/aromatic N) is 5. The molecule has 9 heteroatoms. The molecule has 1 aliphatic carbocycles. The zero-order valence-corrected chi connectivity index (χ0v) is 20.3. The molecule has 1 aliphatic heterocycles. The summed E-state index contributed by atoms with van der Waals surface area (Å²) >= 11 is 6.36. The lowest BCUT2D eigenvalue weighted by Crippen LogP contribution is -2.16. The third-order valence-corrected chi connectivity index (χ3v) is 6.21. The van der Waals surface area contributed by atoms with Crippen molar-refractivity contribution in [1.82, 2.24) is 29.7 Å². The van der Waals surface area contributed by atoms with Gasteiger partial charge >= 0.3 is 0 Å². The second kappa shape index (κ2) is 9.95. The fourth-order valence-electron chi connectivity index (χ4n) is 4.38. The van der Waals surface area contributed by atoms with Gasteiger partial charge in [-0.25, -0.2) is 19.3 Å². The van der Waals surface area contributed by atoms with Crippen molar-refractivity contribution in [1.29, 1.82) is 0 Å². The Balaban J connectivity index is 0.000000376. The Kier molecular flexibility index (Phi) is 7.02. The molecule has 5 rings (SSSR count). The van der Waals surface area contributed by atoms with Gasteiger partial charge in [0.05, 0.1) is 29.1 Å². The van der Waals surface area contributed by atoms with Gasteiger partial charge in [-0.3, -0.25) is 0 Å². The van der Waals surface area contributed by atoms with Gasteiger partial charge in [-0.15, -0.1) is 0 Å². The van der Waals surface area contributed by atoms with E-state index in [1.807, 2.05) is 37.0 Å². The Hall–Kier alpha value is -2.87. The third kappa shape index (κ3) is 5.21. The highest BCUT2D eigenvalue weighted by Crippen LogP contribution is 2.32. The van der Waals surface area contributed by atoms with Crippen LogP contribution in [-0.2, 0) is 0 Å². The monoisotopic (exact) mass is 471 g/mol. The normalized spacial score (nSPS) is 15.8. The van der Waals surface area contributed by atoms with Crippen LogP contribution in [0, 0.1) is 12.7 Å². The number of nitrogens with one attached hydrogen (secondary N) is 2. The molecule has 3 aromatic rings. The average molecular weight is 472 g/mol. The van der Waals surface area contributed by atoms with Gasteiger partial charge in [-0.05, 0) is 45.7 Å². The minimum atomic E-state index is -0.370. The van der Waals surface area contributed by atoms with Crippen LogP contribution in [0.5, 0.6) is 0 Å². The standard InChI is InChI=1S/C20H23ClFN5.C4H8N2/c1-11(2)27-12(3)24-19-16(22)8-13(9-17(19)27)18-15(21)10-23-20(26-18)25-14-6-4-5-7-14;1-6-3-2-5-4-6/h8-11,14H,4-7H2,1-3H3,(H,23,25,26);2-3,5H,4H2,1H3. The van der Waals surface area contributed by atoms with E-state index in [0.29, 0.717) is 33.8 Å². The second-order valence-corrected chi connectivity index (χ2v) is 9.31. The number of rotatable bonds is 4. The van der Waals surface area contributed by atoms with E-state index < -0.39 is 0 Å². The van der Waals surface area contributed by atoms with Gasteiger partial charge in [0.2, 0.25) is 5.95 Å². The Morgan fingerprint density at radius 3 is 2.58 bits per heavy atom. The molecule has 0 spiro atoms. The Morgan fingerprint density at radius 1 is 1.21 bits per heavy atom. The molecule has 2 aromatic heterocycles. The smallest absolute Gasteiger partial charge is 0.223 e. The highest BCUT2D eigenvalue weighted by molar-refractivity contribution is 6.33. The number of aromatic nitrogens is 4. The largest absolute Gasteiger partial charge is 0.373 e. The van der Waals surface area contributed by atoms with E-state index in [1.54, 1.807) is 6.20 Å². The summed E-state index contributed by atoms with van der Waals surface area (Å²) in [4.78, 5) is 15.3. The molecule has 0 unspecified atom stereocenters. The van der Waals surface area contributed by atoms with E-state index in [0.717, 1.165) is 30.9 Å². The van der Waals surface area contributed by atoms with Crippen LogP contribution in [0.15, 0.2) is 30.7 Å². The van der Waals surface area contributed by atoms with E-state index in [4.69, 9.17) is 11.6 Å². The SMILES string of the molecule is CN1C=CNC1.Cc1nc2c(F)cc(-c3nc(NC4CCCC4)ncc3Cl)cc2n1C(C)C. The topological polar surface area (TPSA) is 70.9 Å². The van der Waals surface area contributed by atoms with Crippen LogP contribution in [-0.4, -0.2) is 44.2 Å². The first-order chi connectivity index (χ1) is 15.8. The van der Waals surface area contributed by atoms with Crippen molar-refractivity contribution in [2.45, 2.75) is 58.5 Å². The Morgan fingerprint density at radius 2 is 1.97 bits per heavy atom. The van der Waals surface area contributed by atoms with Gasteiger partial charge in [0.15, 0.2) is 5.82 Å². The van der Waals surface area contributed by atoms with Crippen molar-refractivity contribution in [3.63, 3.8) is 0 Å². The van der Waals surface area contributed by atoms with Gasteiger partial charge in [0.25, 0.3) is 0 Å². The summed E-state index contributed by atoms with van der Waals surface area (Å²) in [7, 11) is 2.02. The minimum Gasteiger partial charge on any atom is -0.373 e. The molecule has 2 aliphatic rings. The zero-order chi connectivity index (χ0) is 23.5. The maximum atomic E-state index is 14.8. The summed E-state index contributed by atoms with van der Waals surface area (Å²) in [5.41, 5.74) is 2.28. The van der Waals surface area contributed by atoms with E-state index in [-0.39, 0.29) is 11.9 Å². The fourth-order valence-corrected chi connectivity index (χ4v) is 4.58. The van der Waals surface area contributed by atoms with Crippen LogP contribution < -0.4 is 10.6 Å². The van der Waals surface area contributed by atoms with E-state index in [9.17, 15) is 4.39 Å². The molecule has 176 valence electrons. The molecule has 3 heterocycles. The highest BCUT2D eigenvalue weighted by Gasteiger charge is 2.19. The Labute approximate surface area is 199 Å². The predicted molar refractivity (Wildman–Crippen MR) is 132 cm³/mol. The van der Waals surface area contributed by atoms with Crippen molar-refractivity contribution >= 4 is 28.6 Å². The maximum Gasteiger partial charge on any atom is 0.223 e. The molecule has 1 fully saturated rings. The number of hydrogen-bond acceptors (Lipinski definition) is 6. The molecule has 0 atom stereocenters. The predicted octanol–water partition coefficient (Wildman–Crippen LogP) is 5.48. The average Bonchev–Trinajstić information content (AvgIpc) is 3.51. The first-order valence-corrected chi connectivity index (χ1v) is 11.8. The van der Waals surface area contributed by atoms with Gasteiger partial charge in [0, 0.05) is 37.1 Å². The van der Waals surface area contributed by atoms with E-state index in [1.165, 1.54) is 18.9 Å². The van der Waals surface area contributed by atoms with E-state index in [2.05, 4.69) is 44.3 Å². The second-order valence-electron chi connectivity index (χ2n) is 8.90. The molecule has 7 nitrogen and oxygen atoms in total. The number of hydrogen-bond donors (Lipinski definition) is 2. The lowest BCUT2D eigenvalue weighted by atomic mass is 10.1. The van der Waals surface area contributed by atoms with Crippen molar-refractivity contribution in [3.05, 3.63) is 47.4 Å². The molecule has 2 N–H and O–H groups in total. The number of aryl methyl sites for hydroxylation is 1. The molecule has 1 aromatic carbocycles. The van der Waals surface area contributed by atoms with Gasteiger partial charge in [-0.1, -0.05) is 24.4 Å². The highest BCUT2D eigenvalue weighted by atomic mass is 35.5. The van der Waals surface area contributed by atoms with Gasteiger partial charge < -0.3 is 20.1 Å². The maximum absolute atomic E-state index is 14.8. The minimum absolute atomic E-state index is 0.171. The fraction of sp³-hybridized carbons (Fsp3) is 0.458. The van der Waals surface area contributed by atoms with Crippen LogP contribution in [0.3, 0.4) is 0 Å². The van der Waals surface area contributed by atoms with Crippen LogP contribution >= 0.6 is 11.6 Å². The van der Waals surface area contributed by atoms with Crippen LogP contribution in [0.1, 0.15) is 51.4 Å². The lowest BCUT2D eigenvalue weighted by molar-refractivity contribution is 0.474. The molecule has 1 saturated carbocycles. The quantitative estimate of drug-likeness (QED) is 0.525. The summed E-state index contributed by atoms with van der Waals surface area (Å²) < 4.78 is 16.8. The molecule has 33 heavy (non-hydrogen) atoms. The zero-order valence-electron chi connectivity index (χ0n) is 19.6. The number of halogens is 2. The van der Waals surface area contributed by atoms with Gasteiger partial charge in [0.1, 0.15) is 11.3 Å². The summed E-state index contributed by atoms with van der Waals surface area (Å²) in [5, 5.41) is 6.79. The number of anilines is 1. The molecule has 0 radical (unpaired) electrons. The third-order valence-electron chi connectivity index (χ3n) is 5.93. The number of fused-ring (bicyclic) bond motifs is 1.